The maximum Gasteiger partial charge on any atom is 0.324 e. The lowest BCUT2D eigenvalue weighted by atomic mass is 9.96. The molecule has 2 fully saturated rings. The van der Waals surface area contributed by atoms with Crippen LogP contribution in [0, 0.1) is 5.92 Å². The first-order chi connectivity index (χ1) is 15.2. The normalized spacial score (nSPS) is 17.6. The maximum absolute atomic E-state index is 12.5. The van der Waals surface area contributed by atoms with Crippen LogP contribution in [-0.4, -0.2) is 80.4 Å². The average molecular weight is 465 g/mol. The highest BCUT2D eigenvalue weighted by atomic mass is 35.5. The summed E-state index contributed by atoms with van der Waals surface area (Å²) in [4.78, 5) is 21.6. The number of piperidine rings is 1. The number of halogens is 1. The van der Waals surface area contributed by atoms with E-state index in [1.807, 2.05) is 24.3 Å². The Morgan fingerprint density at radius 1 is 1.19 bits per heavy atom. The Hall–Kier alpha value is -2.36. The summed E-state index contributed by atoms with van der Waals surface area (Å²) >= 11 is 0. The number of piperazine rings is 1. The van der Waals surface area contributed by atoms with Gasteiger partial charge in [-0.25, -0.2) is 0 Å². The predicted molar refractivity (Wildman–Crippen MR) is 125 cm³/mol. The number of anilines is 1. The molecule has 4 rings (SSSR count). The number of hydrogen-bond acceptors (Lipinski definition) is 8. The van der Waals surface area contributed by atoms with Crippen LogP contribution in [0.2, 0.25) is 0 Å². The van der Waals surface area contributed by atoms with Crippen molar-refractivity contribution >= 4 is 24.3 Å². The Morgan fingerprint density at radius 2 is 1.91 bits per heavy atom. The van der Waals surface area contributed by atoms with Gasteiger partial charge in [-0.15, -0.1) is 12.4 Å². The molecule has 0 spiro atoms. The second kappa shape index (κ2) is 12.0. The standard InChI is InChI=1S/C22H32N6O3.ClH/c1-30-19-5-3-17(4-6-19)20-25-22(31-26-20)28-13-7-18(8-14-28)21(29)24-9-2-12-27-15-10-23-11-16-27;/h3-6,18,23H,2,7-16H2,1H3,(H,24,29);1H. The van der Waals surface area contributed by atoms with Crippen molar-refractivity contribution in [1.29, 1.82) is 0 Å². The summed E-state index contributed by atoms with van der Waals surface area (Å²) in [5.41, 5.74) is 0.880. The summed E-state index contributed by atoms with van der Waals surface area (Å²) < 4.78 is 10.7. The number of hydrogen-bond donors (Lipinski definition) is 2. The number of rotatable bonds is 8. The molecule has 2 N–H and O–H groups in total. The lowest BCUT2D eigenvalue weighted by Crippen LogP contribution is -2.44. The predicted octanol–water partition coefficient (Wildman–Crippen LogP) is 1.79. The number of nitrogens with one attached hydrogen (secondary N) is 2. The topological polar surface area (TPSA) is 95.8 Å². The van der Waals surface area contributed by atoms with Crippen molar-refractivity contribution in [2.75, 3.05) is 64.4 Å². The van der Waals surface area contributed by atoms with Crippen LogP contribution >= 0.6 is 12.4 Å². The van der Waals surface area contributed by atoms with Crippen LogP contribution in [0.4, 0.5) is 6.01 Å². The molecule has 10 heteroatoms. The fraction of sp³-hybridized carbons (Fsp3) is 0.591. The maximum atomic E-state index is 12.5. The summed E-state index contributed by atoms with van der Waals surface area (Å²) in [5, 5.41) is 10.6. The van der Waals surface area contributed by atoms with Crippen molar-refractivity contribution in [1.82, 2.24) is 25.7 Å². The molecule has 0 bridgehead atoms. The lowest BCUT2D eigenvalue weighted by molar-refractivity contribution is -0.125. The Bertz CT molecular complexity index is 832. The molecule has 2 aromatic rings. The number of benzene rings is 1. The zero-order valence-corrected chi connectivity index (χ0v) is 19.4. The SMILES string of the molecule is COc1ccc(-c2noc(N3CCC(C(=O)NCCCN4CCNCC4)CC3)n2)cc1.Cl. The summed E-state index contributed by atoms with van der Waals surface area (Å²) in [6.07, 6.45) is 2.59. The van der Waals surface area contributed by atoms with Crippen LogP contribution in [0.1, 0.15) is 19.3 Å². The van der Waals surface area contributed by atoms with E-state index in [0.717, 1.165) is 82.9 Å². The summed E-state index contributed by atoms with van der Waals surface area (Å²) in [6.45, 7) is 7.60. The molecule has 2 aliphatic rings. The van der Waals surface area contributed by atoms with Crippen LogP contribution in [0.5, 0.6) is 5.75 Å². The minimum atomic E-state index is 0. The highest BCUT2D eigenvalue weighted by Crippen LogP contribution is 2.25. The Kier molecular flexibility index (Phi) is 9.13. The number of ether oxygens (including phenoxy) is 1. The van der Waals surface area contributed by atoms with Gasteiger partial charge in [0.1, 0.15) is 5.75 Å². The Balaban J connectivity index is 0.00000289. The van der Waals surface area contributed by atoms with Crippen molar-refractivity contribution in [2.24, 2.45) is 5.92 Å². The summed E-state index contributed by atoms with van der Waals surface area (Å²) in [5.74, 6) is 1.57. The quantitative estimate of drug-likeness (QED) is 0.571. The highest BCUT2D eigenvalue weighted by Gasteiger charge is 2.27. The molecule has 0 aliphatic carbocycles. The van der Waals surface area contributed by atoms with Crippen molar-refractivity contribution in [3.8, 4) is 17.1 Å². The zero-order chi connectivity index (χ0) is 21.5. The van der Waals surface area contributed by atoms with Gasteiger partial charge in [-0.1, -0.05) is 5.16 Å². The van der Waals surface area contributed by atoms with Crippen LogP contribution in [0.25, 0.3) is 11.4 Å². The van der Waals surface area contributed by atoms with Crippen molar-refractivity contribution in [3.05, 3.63) is 24.3 Å². The molecule has 0 saturated carbocycles. The molecule has 9 nitrogen and oxygen atoms in total. The van der Waals surface area contributed by atoms with Gasteiger partial charge in [0, 0.05) is 57.3 Å². The van der Waals surface area contributed by atoms with E-state index < -0.39 is 0 Å². The van der Waals surface area contributed by atoms with E-state index in [4.69, 9.17) is 9.26 Å². The number of carbonyl (C=O) groups excluding carboxylic acids is 1. The number of amides is 1. The Morgan fingerprint density at radius 3 is 2.59 bits per heavy atom. The van der Waals surface area contributed by atoms with Gasteiger partial charge in [-0.3, -0.25) is 4.79 Å². The van der Waals surface area contributed by atoms with E-state index >= 15 is 0 Å². The van der Waals surface area contributed by atoms with Gasteiger partial charge in [-0.05, 0) is 50.1 Å². The molecule has 1 amide bonds. The third kappa shape index (κ3) is 6.34. The molecule has 2 aliphatic heterocycles. The van der Waals surface area contributed by atoms with Gasteiger partial charge >= 0.3 is 6.01 Å². The number of methoxy groups -OCH3 is 1. The van der Waals surface area contributed by atoms with Gasteiger partial charge in [0.05, 0.1) is 7.11 Å². The van der Waals surface area contributed by atoms with Gasteiger partial charge in [0.2, 0.25) is 11.7 Å². The second-order valence-corrected chi connectivity index (χ2v) is 8.13. The third-order valence-electron chi connectivity index (χ3n) is 6.06. The van der Waals surface area contributed by atoms with E-state index in [1.165, 1.54) is 0 Å². The second-order valence-electron chi connectivity index (χ2n) is 8.13. The van der Waals surface area contributed by atoms with Gasteiger partial charge in [0.25, 0.3) is 0 Å². The monoisotopic (exact) mass is 464 g/mol. The third-order valence-corrected chi connectivity index (χ3v) is 6.06. The lowest BCUT2D eigenvalue weighted by Gasteiger charge is -2.30. The molecule has 0 atom stereocenters. The fourth-order valence-corrected chi connectivity index (χ4v) is 4.13. The van der Waals surface area contributed by atoms with Crippen molar-refractivity contribution in [3.63, 3.8) is 0 Å². The van der Waals surface area contributed by atoms with Crippen LogP contribution in [0.3, 0.4) is 0 Å². The van der Waals surface area contributed by atoms with Crippen molar-refractivity contribution in [2.45, 2.75) is 19.3 Å². The number of carbonyl (C=O) groups is 1. The van der Waals surface area contributed by atoms with E-state index in [0.29, 0.717) is 11.8 Å². The summed E-state index contributed by atoms with van der Waals surface area (Å²) in [7, 11) is 1.64. The first-order valence-electron chi connectivity index (χ1n) is 11.2. The first kappa shape index (κ1) is 24.3. The van der Waals surface area contributed by atoms with Crippen LogP contribution in [-0.2, 0) is 4.79 Å². The van der Waals surface area contributed by atoms with E-state index in [2.05, 4.69) is 30.6 Å². The smallest absolute Gasteiger partial charge is 0.324 e. The van der Waals surface area contributed by atoms with Crippen molar-refractivity contribution < 1.29 is 14.1 Å². The zero-order valence-electron chi connectivity index (χ0n) is 18.6. The Labute approximate surface area is 195 Å². The molecule has 2 saturated heterocycles. The summed E-state index contributed by atoms with van der Waals surface area (Å²) in [6, 6.07) is 8.08. The van der Waals surface area contributed by atoms with Crippen LogP contribution < -0.4 is 20.3 Å². The minimum absolute atomic E-state index is 0. The first-order valence-corrected chi connectivity index (χ1v) is 11.2. The molecule has 1 aromatic heterocycles. The largest absolute Gasteiger partial charge is 0.497 e. The molecule has 3 heterocycles. The number of nitrogens with zero attached hydrogens (tertiary/aromatic N) is 4. The molecule has 1 aromatic carbocycles. The highest BCUT2D eigenvalue weighted by molar-refractivity contribution is 5.85. The van der Waals surface area contributed by atoms with E-state index in [1.54, 1.807) is 7.11 Å². The van der Waals surface area contributed by atoms with E-state index in [9.17, 15) is 4.79 Å². The molecular weight excluding hydrogens is 432 g/mol. The van der Waals surface area contributed by atoms with Gasteiger partial charge < -0.3 is 29.7 Å². The number of aromatic nitrogens is 2. The van der Waals surface area contributed by atoms with E-state index in [-0.39, 0.29) is 24.2 Å². The molecule has 0 radical (unpaired) electrons. The molecular formula is C22H33ClN6O3. The fourth-order valence-electron chi connectivity index (χ4n) is 4.13. The van der Waals surface area contributed by atoms with Gasteiger partial charge in [-0.2, -0.15) is 4.98 Å². The molecule has 32 heavy (non-hydrogen) atoms. The van der Waals surface area contributed by atoms with Gasteiger partial charge in [0.15, 0.2) is 0 Å². The average Bonchev–Trinajstić information content (AvgIpc) is 3.33. The minimum Gasteiger partial charge on any atom is -0.497 e. The molecule has 0 unspecified atom stereocenters. The molecule has 176 valence electrons. The van der Waals surface area contributed by atoms with Crippen LogP contribution in [0.15, 0.2) is 28.8 Å².